The number of sulfonamides is 1. The molecule has 1 unspecified atom stereocenters. The van der Waals surface area contributed by atoms with Crippen LogP contribution in [0.5, 0.6) is 0 Å². The molecule has 0 saturated heterocycles. The van der Waals surface area contributed by atoms with Crippen LogP contribution in [0.15, 0.2) is 17.2 Å². The zero-order valence-corrected chi connectivity index (χ0v) is 14.4. The Kier molecular flexibility index (Phi) is 7.42. The zero-order chi connectivity index (χ0) is 15.9. The topological polar surface area (TPSA) is 74.0 Å². The van der Waals surface area contributed by atoms with E-state index in [1.165, 1.54) is 0 Å². The fraction of sp³-hybridized carbons (Fsp3) is 0.733. The van der Waals surface area contributed by atoms with Gasteiger partial charge >= 0.3 is 0 Å². The molecular formula is C15H29N3O2S. The van der Waals surface area contributed by atoms with E-state index in [0.717, 1.165) is 31.4 Å². The van der Waals surface area contributed by atoms with Gasteiger partial charge in [-0.05, 0) is 19.4 Å². The van der Waals surface area contributed by atoms with E-state index in [1.54, 1.807) is 12.3 Å². The first-order valence-electron chi connectivity index (χ1n) is 7.78. The number of aromatic amines is 1. The molecule has 6 heteroatoms. The number of H-pyrrole nitrogens is 1. The second-order valence-electron chi connectivity index (χ2n) is 5.91. The lowest BCUT2D eigenvalue weighted by Crippen LogP contribution is -2.32. The van der Waals surface area contributed by atoms with Gasteiger partial charge in [-0.2, -0.15) is 0 Å². The Morgan fingerprint density at radius 2 is 1.95 bits per heavy atom. The second-order valence-corrected chi connectivity index (χ2v) is 7.63. The van der Waals surface area contributed by atoms with Crippen LogP contribution in [0.2, 0.25) is 0 Å². The fourth-order valence-corrected chi connectivity index (χ4v) is 3.38. The third-order valence-corrected chi connectivity index (χ3v) is 4.89. The maximum atomic E-state index is 12.3. The molecule has 1 rings (SSSR count). The van der Waals surface area contributed by atoms with Crippen molar-refractivity contribution in [3.05, 3.63) is 18.0 Å². The van der Waals surface area contributed by atoms with Crippen LogP contribution in [0.4, 0.5) is 0 Å². The highest BCUT2D eigenvalue weighted by atomic mass is 32.2. The lowest BCUT2D eigenvalue weighted by molar-refractivity contribution is 0.527. The minimum Gasteiger partial charge on any atom is -0.363 e. The minimum atomic E-state index is -3.42. The van der Waals surface area contributed by atoms with Gasteiger partial charge in [0.1, 0.15) is 0 Å². The van der Waals surface area contributed by atoms with Crippen LogP contribution in [0, 0.1) is 0 Å². The molecule has 122 valence electrons. The van der Waals surface area contributed by atoms with Crippen LogP contribution in [-0.4, -0.2) is 25.5 Å². The van der Waals surface area contributed by atoms with Gasteiger partial charge in [0.25, 0.3) is 0 Å². The van der Waals surface area contributed by atoms with Crippen LogP contribution in [0.25, 0.3) is 0 Å². The van der Waals surface area contributed by atoms with Crippen LogP contribution >= 0.6 is 0 Å². The minimum absolute atomic E-state index is 0.0336. The fourth-order valence-electron chi connectivity index (χ4n) is 2.08. The molecule has 0 fully saturated rings. The number of hydrogen-bond acceptors (Lipinski definition) is 3. The summed E-state index contributed by atoms with van der Waals surface area (Å²) in [5, 5.41) is 3.26. The maximum absolute atomic E-state index is 12.3. The van der Waals surface area contributed by atoms with Gasteiger partial charge in [0, 0.05) is 30.5 Å². The summed E-state index contributed by atoms with van der Waals surface area (Å²) in [6.45, 7) is 8.81. The van der Waals surface area contributed by atoms with Gasteiger partial charge in [-0.3, -0.25) is 0 Å². The van der Waals surface area contributed by atoms with E-state index in [2.05, 4.69) is 35.8 Å². The van der Waals surface area contributed by atoms with Gasteiger partial charge < -0.3 is 10.3 Å². The summed E-state index contributed by atoms with van der Waals surface area (Å²) >= 11 is 0. The molecule has 0 spiro atoms. The van der Waals surface area contributed by atoms with Crippen molar-refractivity contribution in [1.82, 2.24) is 15.0 Å². The highest BCUT2D eigenvalue weighted by Gasteiger charge is 2.18. The molecule has 5 nitrogen and oxygen atoms in total. The standard InChI is InChI=1S/C15H29N3O2S/c1-5-6-7-8-13(4)18-21(19,20)15-9-14(17-11-15)10-16-12(2)3/h9,11-13,16-18H,5-8,10H2,1-4H3. The van der Waals surface area contributed by atoms with E-state index in [1.807, 2.05) is 6.92 Å². The van der Waals surface area contributed by atoms with Crippen LogP contribution in [0.3, 0.4) is 0 Å². The van der Waals surface area contributed by atoms with Gasteiger partial charge in [0.05, 0.1) is 4.90 Å². The summed E-state index contributed by atoms with van der Waals surface area (Å²) in [5.41, 5.74) is 0.878. The molecule has 1 aromatic rings. The molecule has 1 aromatic heterocycles. The molecule has 0 bridgehead atoms. The Morgan fingerprint density at radius 1 is 1.24 bits per heavy atom. The first-order chi connectivity index (χ1) is 9.85. The van der Waals surface area contributed by atoms with Gasteiger partial charge in [-0.15, -0.1) is 0 Å². The Hall–Kier alpha value is -0.850. The molecule has 0 aromatic carbocycles. The van der Waals surface area contributed by atoms with Crippen molar-refractivity contribution >= 4 is 10.0 Å². The van der Waals surface area contributed by atoms with Gasteiger partial charge in [-0.25, -0.2) is 13.1 Å². The number of unbranched alkanes of at least 4 members (excludes halogenated alkanes) is 2. The Balaban J connectivity index is 2.57. The molecule has 0 saturated carbocycles. The summed E-state index contributed by atoms with van der Waals surface area (Å²) in [6.07, 6.45) is 5.76. The van der Waals surface area contributed by atoms with Crippen molar-refractivity contribution in [2.75, 3.05) is 0 Å². The summed E-state index contributed by atoms with van der Waals surface area (Å²) in [4.78, 5) is 3.32. The zero-order valence-electron chi connectivity index (χ0n) is 13.6. The van der Waals surface area contributed by atoms with Crippen LogP contribution in [0.1, 0.15) is 59.1 Å². The van der Waals surface area contributed by atoms with E-state index in [-0.39, 0.29) is 6.04 Å². The van der Waals surface area contributed by atoms with Gasteiger partial charge in [-0.1, -0.05) is 40.0 Å². The normalized spacial score (nSPS) is 13.8. The molecule has 0 aliphatic rings. The SMILES string of the molecule is CCCCCC(C)NS(=O)(=O)c1c[nH]c(CNC(C)C)c1. The largest absolute Gasteiger partial charge is 0.363 e. The van der Waals surface area contributed by atoms with Crippen molar-refractivity contribution in [2.24, 2.45) is 0 Å². The van der Waals surface area contributed by atoms with E-state index < -0.39 is 10.0 Å². The maximum Gasteiger partial charge on any atom is 0.242 e. The molecule has 0 radical (unpaired) electrons. The third kappa shape index (κ3) is 6.63. The van der Waals surface area contributed by atoms with E-state index in [4.69, 9.17) is 0 Å². The molecule has 21 heavy (non-hydrogen) atoms. The quantitative estimate of drug-likeness (QED) is 0.581. The van der Waals surface area contributed by atoms with Crippen LogP contribution in [-0.2, 0) is 16.6 Å². The van der Waals surface area contributed by atoms with Crippen molar-refractivity contribution in [1.29, 1.82) is 0 Å². The number of aromatic nitrogens is 1. The Labute approximate surface area is 129 Å². The van der Waals surface area contributed by atoms with Crippen molar-refractivity contribution in [3.63, 3.8) is 0 Å². The average Bonchev–Trinajstić information content (AvgIpc) is 2.85. The molecule has 3 N–H and O–H groups in total. The molecule has 0 aliphatic heterocycles. The Morgan fingerprint density at radius 3 is 2.57 bits per heavy atom. The van der Waals surface area contributed by atoms with E-state index in [0.29, 0.717) is 17.5 Å². The summed E-state index contributed by atoms with van der Waals surface area (Å²) in [5.74, 6) is 0. The molecule has 0 aliphatic carbocycles. The van der Waals surface area contributed by atoms with Gasteiger partial charge in [0.15, 0.2) is 0 Å². The van der Waals surface area contributed by atoms with Crippen molar-refractivity contribution in [2.45, 2.75) is 76.9 Å². The van der Waals surface area contributed by atoms with E-state index >= 15 is 0 Å². The first-order valence-corrected chi connectivity index (χ1v) is 9.26. The molecule has 0 amide bonds. The molecule has 1 heterocycles. The third-order valence-electron chi connectivity index (χ3n) is 3.32. The van der Waals surface area contributed by atoms with Gasteiger partial charge in [0.2, 0.25) is 10.0 Å². The average molecular weight is 315 g/mol. The van der Waals surface area contributed by atoms with E-state index in [9.17, 15) is 8.42 Å². The Bertz CT molecular complexity index is 509. The predicted octanol–water partition coefficient (Wildman–Crippen LogP) is 2.76. The lowest BCUT2D eigenvalue weighted by atomic mass is 10.1. The molecular weight excluding hydrogens is 286 g/mol. The second kappa shape index (κ2) is 8.56. The van der Waals surface area contributed by atoms with Crippen LogP contribution < -0.4 is 10.0 Å². The van der Waals surface area contributed by atoms with Crippen molar-refractivity contribution in [3.8, 4) is 0 Å². The number of hydrogen-bond donors (Lipinski definition) is 3. The monoisotopic (exact) mass is 315 g/mol. The number of nitrogens with one attached hydrogen (secondary N) is 3. The number of rotatable bonds is 10. The first kappa shape index (κ1) is 18.2. The summed E-state index contributed by atoms with van der Waals surface area (Å²) in [7, 11) is -3.42. The predicted molar refractivity (Wildman–Crippen MR) is 86.7 cm³/mol. The highest BCUT2D eigenvalue weighted by Crippen LogP contribution is 2.13. The molecule has 1 atom stereocenters. The highest BCUT2D eigenvalue weighted by molar-refractivity contribution is 7.89. The summed E-state index contributed by atoms with van der Waals surface area (Å²) < 4.78 is 27.3. The smallest absolute Gasteiger partial charge is 0.242 e. The summed E-state index contributed by atoms with van der Waals surface area (Å²) in [6, 6.07) is 2.02. The van der Waals surface area contributed by atoms with Crippen molar-refractivity contribution < 1.29 is 8.42 Å². The lowest BCUT2D eigenvalue weighted by Gasteiger charge is -2.13.